The van der Waals surface area contributed by atoms with Crippen molar-refractivity contribution in [1.82, 2.24) is 14.2 Å². The summed E-state index contributed by atoms with van der Waals surface area (Å²) in [5, 5.41) is 1.67. The molecule has 1 fully saturated rings. The highest BCUT2D eigenvalue weighted by molar-refractivity contribution is 8.14. The highest BCUT2D eigenvalue weighted by Gasteiger charge is 2.32. The molecule has 0 aliphatic carbocycles. The van der Waals surface area contributed by atoms with Crippen LogP contribution < -0.4 is 0 Å². The van der Waals surface area contributed by atoms with Crippen LogP contribution in [0, 0.1) is 0 Å². The zero-order valence-corrected chi connectivity index (χ0v) is 19.0. The van der Waals surface area contributed by atoms with Crippen molar-refractivity contribution in [2.45, 2.75) is 17.1 Å². The number of rotatable bonds is 4. The van der Waals surface area contributed by atoms with Crippen molar-refractivity contribution < 1.29 is 13.2 Å². The summed E-state index contributed by atoms with van der Waals surface area (Å²) >= 11 is 1.48. The lowest BCUT2D eigenvalue weighted by Crippen LogP contribution is -2.33. The molecule has 1 aliphatic rings. The van der Waals surface area contributed by atoms with Gasteiger partial charge in [0, 0.05) is 31.3 Å². The average Bonchev–Trinajstić information content (AvgIpc) is 3.12. The van der Waals surface area contributed by atoms with Crippen LogP contribution in [0.25, 0.3) is 10.9 Å². The number of carbonyl (C=O) groups excluding carboxylic acids is 1. The third-order valence-corrected chi connectivity index (χ3v) is 7.75. The number of carbonyl (C=O) groups is 1. The number of sulfonamides is 1. The first-order valence-corrected chi connectivity index (χ1v) is 12.0. The highest BCUT2D eigenvalue weighted by atomic mass is 32.2. The monoisotopic (exact) mass is 454 g/mol. The molecule has 2 heterocycles. The van der Waals surface area contributed by atoms with Gasteiger partial charge in [0.2, 0.25) is 10.0 Å². The van der Waals surface area contributed by atoms with Gasteiger partial charge in [-0.15, -0.1) is 0 Å². The largest absolute Gasteiger partial charge is 0.285 e. The van der Waals surface area contributed by atoms with E-state index in [1.807, 2.05) is 37.3 Å². The van der Waals surface area contributed by atoms with E-state index in [0.29, 0.717) is 23.1 Å². The lowest BCUT2D eigenvalue weighted by atomic mass is 10.2. The summed E-state index contributed by atoms with van der Waals surface area (Å²) < 4.78 is 26.0. The first-order chi connectivity index (χ1) is 14.8. The fourth-order valence-electron chi connectivity index (χ4n) is 3.23. The Balaban J connectivity index is 1.68. The maximum Gasteiger partial charge on any atom is 0.278 e. The number of hydrogen-bond donors (Lipinski definition) is 0. The van der Waals surface area contributed by atoms with E-state index in [4.69, 9.17) is 0 Å². The second-order valence-electron chi connectivity index (χ2n) is 7.41. The molecule has 0 radical (unpaired) electrons. The molecule has 7 nitrogen and oxygen atoms in total. The first-order valence-electron chi connectivity index (χ1n) is 9.71. The maximum absolute atomic E-state index is 13.2. The van der Waals surface area contributed by atoms with Gasteiger partial charge < -0.3 is 0 Å². The van der Waals surface area contributed by atoms with Crippen LogP contribution in [0.2, 0.25) is 0 Å². The molecule has 0 N–H and O–H groups in total. The molecule has 4 rings (SSSR count). The lowest BCUT2D eigenvalue weighted by molar-refractivity contribution is 0.0850. The van der Waals surface area contributed by atoms with E-state index in [9.17, 15) is 13.2 Å². The van der Waals surface area contributed by atoms with E-state index in [-0.39, 0.29) is 16.1 Å². The van der Waals surface area contributed by atoms with Crippen LogP contribution in [0.5, 0.6) is 0 Å². The molecule has 160 valence electrons. The summed E-state index contributed by atoms with van der Waals surface area (Å²) in [5.41, 5.74) is 1.59. The van der Waals surface area contributed by atoms with Gasteiger partial charge in [0.05, 0.1) is 16.1 Å². The summed E-state index contributed by atoms with van der Waals surface area (Å²) in [6.45, 7) is 2.53. The second kappa shape index (κ2) is 8.41. The van der Waals surface area contributed by atoms with Crippen LogP contribution in [0.4, 0.5) is 5.69 Å². The fourth-order valence-corrected chi connectivity index (χ4v) is 5.20. The number of amidine groups is 1. The predicted molar refractivity (Wildman–Crippen MR) is 124 cm³/mol. The van der Waals surface area contributed by atoms with Crippen LogP contribution in [-0.2, 0) is 10.0 Å². The van der Waals surface area contributed by atoms with Gasteiger partial charge in [0.1, 0.15) is 5.69 Å². The fraction of sp³-hybridized carbons (Fsp3) is 0.227. The Kier molecular flexibility index (Phi) is 5.83. The van der Waals surface area contributed by atoms with E-state index >= 15 is 0 Å². The summed E-state index contributed by atoms with van der Waals surface area (Å²) in [7, 11) is -0.600. The minimum atomic E-state index is -3.57. The second-order valence-corrected chi connectivity index (χ2v) is 11.0. The van der Waals surface area contributed by atoms with Crippen molar-refractivity contribution in [2.75, 3.05) is 20.6 Å². The van der Waals surface area contributed by atoms with Crippen molar-refractivity contribution in [3.8, 4) is 0 Å². The van der Waals surface area contributed by atoms with E-state index in [0.717, 1.165) is 15.2 Å². The Bertz CT molecular complexity index is 1290. The number of aliphatic imine (C=N–C) groups is 1. The predicted octanol–water partition coefficient (Wildman–Crippen LogP) is 3.75. The number of para-hydroxylation sites is 1. The minimum absolute atomic E-state index is 0.157. The van der Waals surface area contributed by atoms with Gasteiger partial charge >= 0.3 is 0 Å². The van der Waals surface area contributed by atoms with Gasteiger partial charge in [-0.3, -0.25) is 9.69 Å². The Morgan fingerprint density at radius 1 is 1.13 bits per heavy atom. The topological polar surface area (TPSA) is 82.9 Å². The normalized spacial score (nSPS) is 18.3. The molecule has 31 heavy (non-hydrogen) atoms. The van der Waals surface area contributed by atoms with Crippen molar-refractivity contribution in [3.63, 3.8) is 0 Å². The summed E-state index contributed by atoms with van der Waals surface area (Å²) in [6.07, 6.45) is 0. The van der Waals surface area contributed by atoms with Gasteiger partial charge in [-0.2, -0.15) is 0 Å². The molecule has 1 aliphatic heterocycles. The standard InChI is InChI=1S/C22H22N4O3S2/c1-15-14-26(21(27)20-12-11-16-7-4-5-10-19(16)24-20)22(30-15)23-17-8-6-9-18(13-17)31(28,29)25(2)3/h4-13,15H,14H2,1-3H3. The smallest absolute Gasteiger partial charge is 0.278 e. The molecule has 1 amide bonds. The van der Waals surface area contributed by atoms with E-state index in [2.05, 4.69) is 9.98 Å². The molecule has 2 aromatic carbocycles. The molecule has 0 saturated carbocycles. The first kappa shape index (κ1) is 21.5. The molecule has 9 heteroatoms. The van der Waals surface area contributed by atoms with Crippen molar-refractivity contribution in [2.24, 2.45) is 4.99 Å². The van der Waals surface area contributed by atoms with Gasteiger partial charge in [-0.1, -0.05) is 49.0 Å². The van der Waals surface area contributed by atoms with Gasteiger partial charge in [-0.25, -0.2) is 22.7 Å². The number of thioether (sulfide) groups is 1. The quantitative estimate of drug-likeness (QED) is 0.600. The van der Waals surface area contributed by atoms with Gasteiger partial charge in [0.15, 0.2) is 5.17 Å². The van der Waals surface area contributed by atoms with Crippen LogP contribution in [-0.4, -0.2) is 59.6 Å². The van der Waals surface area contributed by atoms with Crippen molar-refractivity contribution in [1.29, 1.82) is 0 Å². The maximum atomic E-state index is 13.2. The van der Waals surface area contributed by atoms with Crippen molar-refractivity contribution in [3.05, 3.63) is 66.4 Å². The highest BCUT2D eigenvalue weighted by Crippen LogP contribution is 2.30. The lowest BCUT2D eigenvalue weighted by Gasteiger charge is -2.16. The number of pyridine rings is 1. The summed E-state index contributed by atoms with van der Waals surface area (Å²) in [5.74, 6) is -0.224. The Morgan fingerprint density at radius 2 is 1.90 bits per heavy atom. The van der Waals surface area contributed by atoms with Crippen LogP contribution in [0.15, 0.2) is 70.6 Å². The van der Waals surface area contributed by atoms with Gasteiger partial charge in [0.25, 0.3) is 5.91 Å². The number of nitrogens with zero attached hydrogens (tertiary/aromatic N) is 4. The molecule has 1 atom stereocenters. The average molecular weight is 455 g/mol. The SMILES string of the molecule is CC1CN(C(=O)c2ccc3ccccc3n2)C(=Nc2cccc(S(=O)(=O)N(C)C)c2)S1. The van der Waals surface area contributed by atoms with E-state index < -0.39 is 10.0 Å². The molecule has 3 aromatic rings. The Labute approximate surface area is 185 Å². The molecule has 1 unspecified atom stereocenters. The molecule has 0 bridgehead atoms. The zero-order chi connectivity index (χ0) is 22.2. The van der Waals surface area contributed by atoms with Crippen LogP contribution >= 0.6 is 11.8 Å². The third-order valence-electron chi connectivity index (χ3n) is 4.86. The molecular formula is C22H22N4O3S2. The number of aromatic nitrogens is 1. The summed E-state index contributed by atoms with van der Waals surface area (Å²) in [4.78, 5) is 24.1. The number of hydrogen-bond acceptors (Lipinski definition) is 6. The van der Waals surface area contributed by atoms with E-state index in [1.54, 1.807) is 23.1 Å². The molecule has 1 saturated heterocycles. The van der Waals surface area contributed by atoms with Crippen LogP contribution in [0.3, 0.4) is 0 Å². The van der Waals surface area contributed by atoms with E-state index in [1.165, 1.54) is 38.0 Å². The van der Waals surface area contributed by atoms with Crippen molar-refractivity contribution >= 4 is 49.5 Å². The third kappa shape index (κ3) is 4.34. The molecular weight excluding hydrogens is 432 g/mol. The Hall–Kier alpha value is -2.75. The van der Waals surface area contributed by atoms with Gasteiger partial charge in [-0.05, 0) is 30.3 Å². The Morgan fingerprint density at radius 3 is 2.68 bits per heavy atom. The minimum Gasteiger partial charge on any atom is -0.285 e. The van der Waals surface area contributed by atoms with Crippen LogP contribution in [0.1, 0.15) is 17.4 Å². The molecule has 0 spiro atoms. The zero-order valence-electron chi connectivity index (χ0n) is 17.4. The number of amides is 1. The summed E-state index contributed by atoms with van der Waals surface area (Å²) in [6, 6.07) is 17.7. The number of fused-ring (bicyclic) bond motifs is 1. The molecule has 1 aromatic heterocycles. The number of benzene rings is 2.